The van der Waals surface area contributed by atoms with Crippen molar-refractivity contribution in [1.82, 2.24) is 9.55 Å². The van der Waals surface area contributed by atoms with E-state index in [4.69, 9.17) is 0 Å². The SMILES string of the molecule is CN(C)c1ccc(NCc2nc3ccccc3n2C)cc1. The maximum atomic E-state index is 4.67. The fraction of sp³-hybridized carbons (Fsp3) is 0.235. The molecule has 0 radical (unpaired) electrons. The molecule has 0 spiro atoms. The molecule has 0 fully saturated rings. The molecule has 1 N–H and O–H groups in total. The zero-order valence-corrected chi connectivity index (χ0v) is 12.7. The van der Waals surface area contributed by atoms with Crippen LogP contribution in [-0.2, 0) is 13.6 Å². The van der Waals surface area contributed by atoms with Crippen molar-refractivity contribution < 1.29 is 0 Å². The molecule has 21 heavy (non-hydrogen) atoms. The van der Waals surface area contributed by atoms with Gasteiger partial charge in [0.1, 0.15) is 5.82 Å². The maximum absolute atomic E-state index is 4.67. The number of nitrogens with one attached hydrogen (secondary N) is 1. The van der Waals surface area contributed by atoms with Crippen LogP contribution in [0.5, 0.6) is 0 Å². The minimum absolute atomic E-state index is 0.715. The van der Waals surface area contributed by atoms with E-state index < -0.39 is 0 Å². The van der Waals surface area contributed by atoms with E-state index in [0.29, 0.717) is 6.54 Å². The number of hydrogen-bond acceptors (Lipinski definition) is 3. The molecule has 4 nitrogen and oxygen atoms in total. The Morgan fingerprint density at radius 3 is 2.43 bits per heavy atom. The number of rotatable bonds is 4. The highest BCUT2D eigenvalue weighted by Crippen LogP contribution is 2.18. The topological polar surface area (TPSA) is 33.1 Å². The number of anilines is 2. The Balaban J connectivity index is 1.75. The number of para-hydroxylation sites is 2. The summed E-state index contributed by atoms with van der Waals surface area (Å²) in [6.45, 7) is 0.715. The van der Waals surface area contributed by atoms with Crippen LogP contribution in [0.4, 0.5) is 11.4 Å². The Morgan fingerprint density at radius 2 is 1.76 bits per heavy atom. The molecule has 3 rings (SSSR count). The van der Waals surface area contributed by atoms with Gasteiger partial charge in [-0.15, -0.1) is 0 Å². The summed E-state index contributed by atoms with van der Waals surface area (Å²) in [4.78, 5) is 6.76. The van der Waals surface area contributed by atoms with Gasteiger partial charge >= 0.3 is 0 Å². The van der Waals surface area contributed by atoms with Crippen molar-refractivity contribution in [3.8, 4) is 0 Å². The van der Waals surface area contributed by atoms with Gasteiger partial charge in [0.05, 0.1) is 17.6 Å². The van der Waals surface area contributed by atoms with E-state index in [9.17, 15) is 0 Å². The van der Waals surface area contributed by atoms with Crippen LogP contribution in [0.3, 0.4) is 0 Å². The second kappa shape index (κ2) is 5.48. The Hall–Kier alpha value is -2.49. The van der Waals surface area contributed by atoms with E-state index in [0.717, 1.165) is 22.5 Å². The second-order valence-electron chi connectivity index (χ2n) is 5.37. The fourth-order valence-electron chi connectivity index (χ4n) is 2.41. The predicted molar refractivity (Wildman–Crippen MR) is 88.8 cm³/mol. The normalized spacial score (nSPS) is 10.8. The van der Waals surface area contributed by atoms with Crippen LogP contribution in [-0.4, -0.2) is 23.6 Å². The molecule has 0 unspecified atom stereocenters. The lowest BCUT2D eigenvalue weighted by atomic mass is 10.2. The Bertz CT molecular complexity index is 741. The van der Waals surface area contributed by atoms with Gasteiger partial charge in [-0.2, -0.15) is 0 Å². The molecule has 0 atom stereocenters. The molecule has 0 aliphatic rings. The smallest absolute Gasteiger partial charge is 0.128 e. The third-order valence-electron chi connectivity index (χ3n) is 3.71. The van der Waals surface area contributed by atoms with Crippen LogP contribution in [0.25, 0.3) is 11.0 Å². The molecule has 2 aromatic carbocycles. The zero-order chi connectivity index (χ0) is 14.8. The molecule has 1 aromatic heterocycles. The number of benzene rings is 2. The van der Waals surface area contributed by atoms with Crippen molar-refractivity contribution in [2.24, 2.45) is 7.05 Å². The Morgan fingerprint density at radius 1 is 1.05 bits per heavy atom. The molecule has 0 saturated heterocycles. The van der Waals surface area contributed by atoms with Crippen molar-refractivity contribution in [2.45, 2.75) is 6.54 Å². The summed E-state index contributed by atoms with van der Waals surface area (Å²) in [5, 5.41) is 3.43. The van der Waals surface area contributed by atoms with Crippen LogP contribution in [0.15, 0.2) is 48.5 Å². The van der Waals surface area contributed by atoms with Gasteiger partial charge in [-0.25, -0.2) is 4.98 Å². The zero-order valence-electron chi connectivity index (χ0n) is 12.7. The molecule has 0 amide bonds. The third-order valence-corrected chi connectivity index (χ3v) is 3.71. The van der Waals surface area contributed by atoms with Crippen LogP contribution in [0, 0.1) is 0 Å². The number of hydrogen-bond donors (Lipinski definition) is 1. The van der Waals surface area contributed by atoms with Gasteiger partial charge in [-0.3, -0.25) is 0 Å². The highest BCUT2D eigenvalue weighted by atomic mass is 15.1. The van der Waals surface area contributed by atoms with Crippen molar-refractivity contribution in [1.29, 1.82) is 0 Å². The summed E-state index contributed by atoms with van der Waals surface area (Å²) < 4.78 is 2.14. The average Bonchev–Trinajstić information content (AvgIpc) is 2.82. The molecular formula is C17H20N4. The number of aryl methyl sites for hydroxylation is 1. The van der Waals surface area contributed by atoms with Gasteiger partial charge in [0.15, 0.2) is 0 Å². The summed E-state index contributed by atoms with van der Waals surface area (Å²) >= 11 is 0. The molecule has 4 heteroatoms. The minimum Gasteiger partial charge on any atom is -0.378 e. The number of fused-ring (bicyclic) bond motifs is 1. The van der Waals surface area contributed by atoms with Crippen LogP contribution in [0.2, 0.25) is 0 Å². The number of nitrogens with zero attached hydrogens (tertiary/aromatic N) is 3. The van der Waals surface area contributed by atoms with E-state index in [1.54, 1.807) is 0 Å². The highest BCUT2D eigenvalue weighted by Gasteiger charge is 2.06. The number of aromatic nitrogens is 2. The lowest BCUT2D eigenvalue weighted by molar-refractivity contribution is 0.834. The second-order valence-corrected chi connectivity index (χ2v) is 5.37. The van der Waals surface area contributed by atoms with Crippen LogP contribution < -0.4 is 10.2 Å². The van der Waals surface area contributed by atoms with E-state index in [-0.39, 0.29) is 0 Å². The molecule has 108 valence electrons. The van der Waals surface area contributed by atoms with Gasteiger partial charge in [0, 0.05) is 32.5 Å². The molecule has 1 heterocycles. The molecule has 0 saturated carbocycles. The molecule has 3 aromatic rings. The van der Waals surface area contributed by atoms with Gasteiger partial charge in [0.2, 0.25) is 0 Å². The first kappa shape index (κ1) is 13.5. The summed E-state index contributed by atoms with van der Waals surface area (Å²) in [5.41, 5.74) is 4.51. The first-order chi connectivity index (χ1) is 10.1. The van der Waals surface area contributed by atoms with Gasteiger partial charge in [-0.1, -0.05) is 12.1 Å². The van der Waals surface area contributed by atoms with E-state index >= 15 is 0 Å². The third kappa shape index (κ3) is 2.70. The first-order valence-corrected chi connectivity index (χ1v) is 7.07. The largest absolute Gasteiger partial charge is 0.378 e. The minimum atomic E-state index is 0.715. The van der Waals surface area contributed by atoms with Gasteiger partial charge in [-0.05, 0) is 36.4 Å². The molecular weight excluding hydrogens is 260 g/mol. The molecule has 0 bridgehead atoms. The molecule has 0 aliphatic carbocycles. The van der Waals surface area contributed by atoms with Crippen LogP contribution in [0.1, 0.15) is 5.82 Å². The lowest BCUT2D eigenvalue weighted by Crippen LogP contribution is -2.09. The quantitative estimate of drug-likeness (QED) is 0.796. The van der Waals surface area contributed by atoms with Crippen molar-refractivity contribution in [3.63, 3.8) is 0 Å². The van der Waals surface area contributed by atoms with E-state index in [2.05, 4.69) is 57.1 Å². The van der Waals surface area contributed by atoms with Crippen molar-refractivity contribution in [3.05, 3.63) is 54.4 Å². The number of imidazole rings is 1. The fourth-order valence-corrected chi connectivity index (χ4v) is 2.41. The molecule has 0 aliphatic heterocycles. The standard InChI is InChI=1S/C17H20N4/c1-20(2)14-10-8-13(9-11-14)18-12-17-19-15-6-4-5-7-16(15)21(17)3/h4-11,18H,12H2,1-3H3. The summed E-state index contributed by atoms with van der Waals surface area (Å²) in [6, 6.07) is 16.6. The average molecular weight is 280 g/mol. The summed E-state index contributed by atoms with van der Waals surface area (Å²) in [5.74, 6) is 1.04. The van der Waals surface area contributed by atoms with Crippen molar-refractivity contribution >= 4 is 22.4 Å². The Kier molecular flexibility index (Phi) is 3.52. The van der Waals surface area contributed by atoms with Gasteiger partial charge < -0.3 is 14.8 Å². The predicted octanol–water partition coefficient (Wildman–Crippen LogP) is 3.25. The summed E-state index contributed by atoms with van der Waals surface area (Å²) in [7, 11) is 6.14. The monoisotopic (exact) mass is 280 g/mol. The Labute approximate surface area is 125 Å². The first-order valence-electron chi connectivity index (χ1n) is 7.07. The lowest BCUT2D eigenvalue weighted by Gasteiger charge is -2.13. The van der Waals surface area contributed by atoms with E-state index in [1.807, 2.05) is 32.3 Å². The highest BCUT2D eigenvalue weighted by molar-refractivity contribution is 5.75. The van der Waals surface area contributed by atoms with Gasteiger partial charge in [0.25, 0.3) is 0 Å². The van der Waals surface area contributed by atoms with E-state index in [1.165, 1.54) is 5.69 Å². The van der Waals surface area contributed by atoms with Crippen molar-refractivity contribution in [2.75, 3.05) is 24.3 Å². The maximum Gasteiger partial charge on any atom is 0.128 e. The summed E-state index contributed by atoms with van der Waals surface area (Å²) in [6.07, 6.45) is 0. The van der Waals surface area contributed by atoms with Crippen LogP contribution >= 0.6 is 0 Å².